The summed E-state index contributed by atoms with van der Waals surface area (Å²) in [5.74, 6) is 0.369. The lowest BCUT2D eigenvalue weighted by molar-refractivity contribution is -0.146. The average molecular weight is 464 g/mol. The number of hydrogen-bond donors (Lipinski definition) is 0. The molecule has 5 rings (SSSR count). The fourth-order valence-electron chi connectivity index (χ4n) is 6.89. The molecule has 0 bridgehead atoms. The van der Waals surface area contributed by atoms with Gasteiger partial charge >= 0.3 is 6.18 Å². The molecule has 1 saturated carbocycles. The van der Waals surface area contributed by atoms with Crippen LogP contribution in [0.2, 0.25) is 0 Å². The van der Waals surface area contributed by atoms with E-state index < -0.39 is 17.2 Å². The van der Waals surface area contributed by atoms with Gasteiger partial charge in [-0.2, -0.15) is 13.2 Å². The summed E-state index contributed by atoms with van der Waals surface area (Å²) >= 11 is 0. The standard InChI is InChI=1S/C26H36F3N3O/c1-18(2)25(9-7-22(15-25)31-13-12-30-10-3-4-23(30)17-31)24(33)32-11-8-19-5-6-21(26(27,28)29)14-20(19)16-32/h5-6,14,18,22-23H,3-4,7-13,15-17H2,1-2H3/t22?,23?,25-/m0/s1. The number of carbonyl (C=O) groups excluding carboxylic acids is 1. The number of fused-ring (bicyclic) bond motifs is 2. The number of piperazine rings is 1. The smallest absolute Gasteiger partial charge is 0.338 e. The lowest BCUT2D eigenvalue weighted by Crippen LogP contribution is -2.54. The molecule has 4 nitrogen and oxygen atoms in total. The summed E-state index contributed by atoms with van der Waals surface area (Å²) in [6.07, 6.45) is 1.64. The Balaban J connectivity index is 1.31. The highest BCUT2D eigenvalue weighted by Crippen LogP contribution is 2.48. The monoisotopic (exact) mass is 463 g/mol. The second-order valence-electron chi connectivity index (χ2n) is 11.0. The van der Waals surface area contributed by atoms with Crippen molar-refractivity contribution in [2.75, 3.05) is 32.7 Å². The molecule has 7 heteroatoms. The lowest BCUT2D eigenvalue weighted by atomic mass is 9.73. The number of alkyl halides is 3. The fourth-order valence-corrected chi connectivity index (χ4v) is 6.89. The van der Waals surface area contributed by atoms with Crippen LogP contribution in [0.3, 0.4) is 0 Å². The van der Waals surface area contributed by atoms with Crippen molar-refractivity contribution >= 4 is 5.91 Å². The maximum absolute atomic E-state index is 13.9. The zero-order valence-electron chi connectivity index (χ0n) is 19.8. The molecule has 33 heavy (non-hydrogen) atoms. The minimum atomic E-state index is -4.36. The number of benzene rings is 1. The van der Waals surface area contributed by atoms with Crippen LogP contribution in [0.5, 0.6) is 0 Å². The number of amides is 1. The molecule has 3 heterocycles. The molecular weight excluding hydrogens is 427 g/mol. The van der Waals surface area contributed by atoms with E-state index in [9.17, 15) is 18.0 Å². The molecule has 1 aromatic rings. The Labute approximate surface area is 195 Å². The van der Waals surface area contributed by atoms with Crippen LogP contribution in [0.15, 0.2) is 18.2 Å². The fraction of sp³-hybridized carbons (Fsp3) is 0.731. The summed E-state index contributed by atoms with van der Waals surface area (Å²) in [5.41, 5.74) is 0.553. The summed E-state index contributed by atoms with van der Waals surface area (Å²) in [7, 11) is 0. The number of hydrogen-bond acceptors (Lipinski definition) is 3. The molecule has 3 atom stereocenters. The van der Waals surface area contributed by atoms with E-state index in [2.05, 4.69) is 23.6 Å². The minimum absolute atomic E-state index is 0.155. The van der Waals surface area contributed by atoms with Crippen LogP contribution in [0, 0.1) is 11.3 Å². The van der Waals surface area contributed by atoms with Crippen molar-refractivity contribution < 1.29 is 18.0 Å². The van der Waals surface area contributed by atoms with Gasteiger partial charge in [0.25, 0.3) is 0 Å². The number of nitrogens with zero attached hydrogens (tertiary/aromatic N) is 3. The third-order valence-electron chi connectivity index (χ3n) is 9.02. The van der Waals surface area contributed by atoms with Crippen molar-refractivity contribution in [3.63, 3.8) is 0 Å². The van der Waals surface area contributed by atoms with Crippen LogP contribution in [0.25, 0.3) is 0 Å². The Morgan fingerprint density at radius 2 is 1.82 bits per heavy atom. The van der Waals surface area contributed by atoms with Crippen molar-refractivity contribution in [2.24, 2.45) is 11.3 Å². The Bertz CT molecular complexity index is 901. The van der Waals surface area contributed by atoms with Crippen molar-refractivity contribution in [2.45, 2.75) is 77.2 Å². The molecule has 4 aliphatic rings. The van der Waals surface area contributed by atoms with E-state index in [-0.39, 0.29) is 18.4 Å². The van der Waals surface area contributed by atoms with Crippen LogP contribution in [-0.4, -0.2) is 65.4 Å². The first kappa shape index (κ1) is 23.2. The van der Waals surface area contributed by atoms with Gasteiger partial charge in [-0.25, -0.2) is 0 Å². The Morgan fingerprint density at radius 3 is 2.58 bits per heavy atom. The van der Waals surface area contributed by atoms with Crippen LogP contribution < -0.4 is 0 Å². The first-order valence-corrected chi connectivity index (χ1v) is 12.6. The Morgan fingerprint density at radius 1 is 1.03 bits per heavy atom. The normalized spacial score (nSPS) is 31.2. The van der Waals surface area contributed by atoms with E-state index in [1.807, 2.05) is 4.90 Å². The molecule has 2 unspecified atom stereocenters. The van der Waals surface area contributed by atoms with Gasteiger partial charge in [0.1, 0.15) is 0 Å². The summed E-state index contributed by atoms with van der Waals surface area (Å²) in [6.45, 7) is 9.74. The first-order chi connectivity index (χ1) is 15.7. The zero-order chi connectivity index (χ0) is 23.4. The van der Waals surface area contributed by atoms with Crippen molar-refractivity contribution in [1.82, 2.24) is 14.7 Å². The molecular formula is C26H36F3N3O. The predicted octanol–water partition coefficient (Wildman–Crippen LogP) is 4.57. The van der Waals surface area contributed by atoms with E-state index in [1.54, 1.807) is 6.07 Å². The Kier molecular flexibility index (Phi) is 6.01. The average Bonchev–Trinajstić information content (AvgIpc) is 3.44. The quantitative estimate of drug-likeness (QED) is 0.657. The maximum Gasteiger partial charge on any atom is 0.416 e. The Hall–Kier alpha value is -1.60. The van der Waals surface area contributed by atoms with Crippen molar-refractivity contribution in [3.8, 4) is 0 Å². The first-order valence-electron chi connectivity index (χ1n) is 12.6. The molecule has 3 aliphatic heterocycles. The largest absolute Gasteiger partial charge is 0.416 e. The van der Waals surface area contributed by atoms with Crippen molar-refractivity contribution in [3.05, 3.63) is 34.9 Å². The SMILES string of the molecule is CC(C)[C@]1(C(=O)N2CCc3ccc(C(F)(F)F)cc3C2)CCC(N2CCN3CCCC3C2)C1. The molecule has 1 amide bonds. The van der Waals surface area contributed by atoms with Gasteiger partial charge in [-0.1, -0.05) is 19.9 Å². The molecule has 182 valence electrons. The summed E-state index contributed by atoms with van der Waals surface area (Å²) in [5, 5.41) is 0. The van der Waals surface area contributed by atoms with E-state index >= 15 is 0 Å². The van der Waals surface area contributed by atoms with Crippen LogP contribution in [-0.2, 0) is 23.9 Å². The van der Waals surface area contributed by atoms with Crippen LogP contribution in [0.4, 0.5) is 13.2 Å². The number of carbonyl (C=O) groups is 1. The number of halogens is 3. The lowest BCUT2D eigenvalue weighted by Gasteiger charge is -2.43. The topological polar surface area (TPSA) is 26.8 Å². The van der Waals surface area contributed by atoms with Crippen molar-refractivity contribution in [1.29, 1.82) is 0 Å². The maximum atomic E-state index is 13.9. The van der Waals surface area contributed by atoms with Gasteiger partial charge in [0.2, 0.25) is 5.91 Å². The molecule has 0 spiro atoms. The molecule has 1 aromatic carbocycles. The molecule has 2 saturated heterocycles. The van der Waals surface area contributed by atoms with Crippen LogP contribution >= 0.6 is 0 Å². The third kappa shape index (κ3) is 4.20. The van der Waals surface area contributed by atoms with Gasteiger partial charge in [-0.05, 0) is 74.2 Å². The highest BCUT2D eigenvalue weighted by molar-refractivity contribution is 5.84. The summed E-state index contributed by atoms with van der Waals surface area (Å²) in [6, 6.07) is 5.11. The molecule has 1 aliphatic carbocycles. The highest BCUT2D eigenvalue weighted by Gasteiger charge is 2.51. The molecule has 0 aromatic heterocycles. The van der Waals surface area contributed by atoms with E-state index in [4.69, 9.17) is 0 Å². The van der Waals surface area contributed by atoms with Crippen LogP contribution in [0.1, 0.15) is 62.6 Å². The number of rotatable bonds is 3. The summed E-state index contributed by atoms with van der Waals surface area (Å²) < 4.78 is 39.7. The van der Waals surface area contributed by atoms with Gasteiger partial charge in [-0.15, -0.1) is 0 Å². The minimum Gasteiger partial charge on any atom is -0.338 e. The van der Waals surface area contributed by atoms with Gasteiger partial charge in [0.05, 0.1) is 11.0 Å². The van der Waals surface area contributed by atoms with Gasteiger partial charge in [-0.3, -0.25) is 14.6 Å². The molecule has 0 N–H and O–H groups in total. The van der Waals surface area contributed by atoms with Gasteiger partial charge < -0.3 is 4.90 Å². The zero-order valence-corrected chi connectivity index (χ0v) is 19.8. The third-order valence-corrected chi connectivity index (χ3v) is 9.02. The molecule has 0 radical (unpaired) electrons. The van der Waals surface area contributed by atoms with E-state index in [0.717, 1.165) is 50.5 Å². The molecule has 3 fully saturated rings. The van der Waals surface area contributed by atoms with E-state index in [1.165, 1.54) is 25.5 Å². The predicted molar refractivity (Wildman–Crippen MR) is 122 cm³/mol. The second kappa shape index (κ2) is 8.56. The summed E-state index contributed by atoms with van der Waals surface area (Å²) in [4.78, 5) is 21.0. The van der Waals surface area contributed by atoms with Gasteiger partial charge in [0, 0.05) is 44.8 Å². The second-order valence-corrected chi connectivity index (χ2v) is 11.0. The van der Waals surface area contributed by atoms with E-state index in [0.29, 0.717) is 30.6 Å². The highest BCUT2D eigenvalue weighted by atomic mass is 19.4. The van der Waals surface area contributed by atoms with Gasteiger partial charge in [0.15, 0.2) is 0 Å².